The van der Waals surface area contributed by atoms with Crippen LogP contribution in [0.4, 0.5) is 4.39 Å². The molecule has 8 nitrogen and oxygen atoms in total. The van der Waals surface area contributed by atoms with Crippen LogP contribution in [0.3, 0.4) is 0 Å². The summed E-state index contributed by atoms with van der Waals surface area (Å²) in [5, 5.41) is 9.51. The van der Waals surface area contributed by atoms with Gasteiger partial charge in [-0.05, 0) is 31.0 Å². The molecule has 2 aromatic rings. The lowest BCUT2D eigenvalue weighted by Gasteiger charge is -2.36. The first-order valence-corrected chi connectivity index (χ1v) is 9.39. The van der Waals surface area contributed by atoms with Gasteiger partial charge >= 0.3 is 5.97 Å². The van der Waals surface area contributed by atoms with E-state index in [0.29, 0.717) is 50.7 Å². The van der Waals surface area contributed by atoms with E-state index in [1.165, 1.54) is 12.1 Å². The molecule has 1 N–H and O–H groups in total. The molecule has 0 radical (unpaired) electrons. The molecule has 1 saturated heterocycles. The van der Waals surface area contributed by atoms with Crippen molar-refractivity contribution < 1.29 is 19.1 Å². The minimum absolute atomic E-state index is 0.0454. The van der Waals surface area contributed by atoms with E-state index in [2.05, 4.69) is 15.0 Å². The summed E-state index contributed by atoms with van der Waals surface area (Å²) in [6, 6.07) is 7.59. The standard InChI is InChI=1S/C20H20FN5O3/c21-15-5-2-1-4-14(15)18(27)26-12-10-25(11-13-26)17(16-22-8-3-9-23-16)24-20(6-7-20)19(28)29/h1-5,8-9H,6-7,10-13H2,(H,28,29). The Morgan fingerprint density at radius 2 is 1.62 bits per heavy atom. The van der Waals surface area contributed by atoms with Crippen LogP contribution in [0.5, 0.6) is 0 Å². The zero-order valence-corrected chi connectivity index (χ0v) is 15.7. The topological polar surface area (TPSA) is 99.0 Å². The Balaban J connectivity index is 1.53. The average Bonchev–Trinajstić information content (AvgIpc) is 3.54. The number of amidine groups is 1. The molecular weight excluding hydrogens is 377 g/mol. The van der Waals surface area contributed by atoms with Gasteiger partial charge in [-0.15, -0.1) is 0 Å². The van der Waals surface area contributed by atoms with Gasteiger partial charge in [0.15, 0.2) is 17.2 Å². The number of nitrogens with zero attached hydrogens (tertiary/aromatic N) is 5. The summed E-state index contributed by atoms with van der Waals surface area (Å²) in [7, 11) is 0. The third kappa shape index (κ3) is 3.80. The molecule has 9 heteroatoms. The molecule has 4 rings (SSSR count). The third-order valence-electron chi connectivity index (χ3n) is 5.18. The number of hydrogen-bond acceptors (Lipinski definition) is 5. The van der Waals surface area contributed by atoms with Crippen LogP contribution < -0.4 is 0 Å². The van der Waals surface area contributed by atoms with Crippen molar-refractivity contribution in [2.45, 2.75) is 18.4 Å². The first kappa shape index (κ1) is 19.0. The maximum absolute atomic E-state index is 13.9. The summed E-state index contributed by atoms with van der Waals surface area (Å²) in [4.78, 5) is 40.7. The predicted octanol–water partition coefficient (Wildman–Crippen LogP) is 1.44. The molecule has 1 aromatic heterocycles. The first-order chi connectivity index (χ1) is 14.0. The Morgan fingerprint density at radius 3 is 2.21 bits per heavy atom. The molecule has 2 aliphatic rings. The Kier molecular flexibility index (Phi) is 4.96. The van der Waals surface area contributed by atoms with Crippen LogP contribution in [0.25, 0.3) is 0 Å². The molecule has 1 aliphatic carbocycles. The number of benzene rings is 1. The number of aliphatic imine (C=N–C) groups is 1. The maximum Gasteiger partial charge on any atom is 0.331 e. The van der Waals surface area contributed by atoms with Crippen LogP contribution >= 0.6 is 0 Å². The minimum Gasteiger partial charge on any atom is -0.479 e. The van der Waals surface area contributed by atoms with Crippen molar-refractivity contribution in [3.05, 3.63) is 59.9 Å². The Hall–Kier alpha value is -3.36. The number of carbonyl (C=O) groups is 2. The molecule has 1 aliphatic heterocycles. The zero-order valence-electron chi connectivity index (χ0n) is 15.7. The first-order valence-electron chi connectivity index (χ1n) is 9.39. The highest BCUT2D eigenvalue weighted by atomic mass is 19.1. The second-order valence-electron chi connectivity index (χ2n) is 7.10. The molecule has 1 aromatic carbocycles. The Bertz CT molecular complexity index is 954. The molecule has 0 spiro atoms. The zero-order chi connectivity index (χ0) is 20.4. The number of hydrogen-bond donors (Lipinski definition) is 1. The van der Waals surface area contributed by atoms with E-state index in [1.807, 2.05) is 4.90 Å². The van der Waals surface area contributed by atoms with Crippen LogP contribution in [0.15, 0.2) is 47.7 Å². The van der Waals surface area contributed by atoms with Crippen molar-refractivity contribution in [2.24, 2.45) is 4.99 Å². The van der Waals surface area contributed by atoms with Gasteiger partial charge in [0.05, 0.1) is 5.56 Å². The van der Waals surface area contributed by atoms with E-state index in [0.717, 1.165) is 0 Å². The highest BCUT2D eigenvalue weighted by Gasteiger charge is 2.51. The molecule has 2 fully saturated rings. The van der Waals surface area contributed by atoms with Gasteiger partial charge in [-0.3, -0.25) is 4.79 Å². The van der Waals surface area contributed by atoms with Gasteiger partial charge in [-0.25, -0.2) is 24.1 Å². The van der Waals surface area contributed by atoms with Crippen LogP contribution in [0.1, 0.15) is 29.0 Å². The van der Waals surface area contributed by atoms with Crippen molar-refractivity contribution in [1.82, 2.24) is 19.8 Å². The monoisotopic (exact) mass is 397 g/mol. The van der Waals surface area contributed by atoms with E-state index in [1.54, 1.807) is 35.5 Å². The molecule has 0 atom stereocenters. The Labute approximate surface area is 166 Å². The number of aliphatic carboxylic acids is 1. The highest BCUT2D eigenvalue weighted by Crippen LogP contribution is 2.40. The van der Waals surface area contributed by atoms with Gasteiger partial charge in [0.25, 0.3) is 5.91 Å². The van der Waals surface area contributed by atoms with E-state index >= 15 is 0 Å². The average molecular weight is 397 g/mol. The summed E-state index contributed by atoms with van der Waals surface area (Å²) in [6.45, 7) is 1.57. The lowest BCUT2D eigenvalue weighted by molar-refractivity contribution is -0.139. The summed E-state index contributed by atoms with van der Waals surface area (Å²) in [5.41, 5.74) is -1.07. The molecular formula is C20H20FN5O3. The van der Waals surface area contributed by atoms with Gasteiger partial charge in [-0.2, -0.15) is 0 Å². The van der Waals surface area contributed by atoms with Gasteiger partial charge in [-0.1, -0.05) is 12.1 Å². The number of halogens is 1. The van der Waals surface area contributed by atoms with Gasteiger partial charge in [0.1, 0.15) is 5.82 Å². The van der Waals surface area contributed by atoms with E-state index in [9.17, 15) is 19.1 Å². The van der Waals surface area contributed by atoms with E-state index in [-0.39, 0.29) is 11.5 Å². The summed E-state index contributed by atoms with van der Waals surface area (Å²) < 4.78 is 13.9. The van der Waals surface area contributed by atoms with Crippen molar-refractivity contribution in [1.29, 1.82) is 0 Å². The quantitative estimate of drug-likeness (QED) is 0.619. The number of piperazine rings is 1. The van der Waals surface area contributed by atoms with Crippen LogP contribution in [0.2, 0.25) is 0 Å². The molecule has 0 bridgehead atoms. The van der Waals surface area contributed by atoms with Gasteiger partial charge in [0.2, 0.25) is 0 Å². The molecule has 29 heavy (non-hydrogen) atoms. The highest BCUT2D eigenvalue weighted by molar-refractivity contribution is 5.99. The molecule has 2 heterocycles. The predicted molar refractivity (Wildman–Crippen MR) is 102 cm³/mol. The molecule has 1 amide bonds. The summed E-state index contributed by atoms with van der Waals surface area (Å²) in [6.07, 6.45) is 4.11. The number of carboxylic acids is 1. The van der Waals surface area contributed by atoms with E-state index in [4.69, 9.17) is 0 Å². The SMILES string of the molecule is O=C(c1ccccc1F)N1CCN(C(=NC2(C(=O)O)CC2)c2ncccn2)CC1. The summed E-state index contributed by atoms with van der Waals surface area (Å²) in [5.74, 6) is -1.09. The lowest BCUT2D eigenvalue weighted by Crippen LogP contribution is -2.51. The lowest BCUT2D eigenvalue weighted by atomic mass is 10.1. The number of rotatable bonds is 4. The fourth-order valence-corrected chi connectivity index (χ4v) is 3.30. The van der Waals surface area contributed by atoms with Crippen molar-refractivity contribution in [2.75, 3.05) is 26.2 Å². The van der Waals surface area contributed by atoms with Crippen molar-refractivity contribution >= 4 is 17.7 Å². The second kappa shape index (κ2) is 7.57. The van der Waals surface area contributed by atoms with Crippen LogP contribution in [-0.2, 0) is 4.79 Å². The van der Waals surface area contributed by atoms with Crippen LogP contribution in [-0.4, -0.2) is 74.3 Å². The number of carbonyl (C=O) groups excluding carboxylic acids is 1. The van der Waals surface area contributed by atoms with Crippen molar-refractivity contribution in [3.63, 3.8) is 0 Å². The summed E-state index contributed by atoms with van der Waals surface area (Å²) >= 11 is 0. The molecule has 150 valence electrons. The largest absolute Gasteiger partial charge is 0.479 e. The molecule has 0 unspecified atom stereocenters. The fraction of sp³-hybridized carbons (Fsp3) is 0.350. The third-order valence-corrected chi connectivity index (χ3v) is 5.18. The molecule has 1 saturated carbocycles. The normalized spacial score (nSPS) is 18.4. The van der Waals surface area contributed by atoms with Crippen molar-refractivity contribution in [3.8, 4) is 0 Å². The van der Waals surface area contributed by atoms with Gasteiger partial charge < -0.3 is 14.9 Å². The fourth-order valence-electron chi connectivity index (χ4n) is 3.30. The Morgan fingerprint density at radius 1 is 1.00 bits per heavy atom. The minimum atomic E-state index is -1.12. The van der Waals surface area contributed by atoms with Gasteiger partial charge in [0, 0.05) is 38.6 Å². The van der Waals surface area contributed by atoms with Crippen LogP contribution in [0, 0.1) is 5.82 Å². The van der Waals surface area contributed by atoms with E-state index < -0.39 is 17.3 Å². The number of carboxylic acid groups (broad SMARTS) is 1. The number of aromatic nitrogens is 2. The maximum atomic E-state index is 13.9. The number of amides is 1. The second-order valence-corrected chi connectivity index (χ2v) is 7.10. The smallest absolute Gasteiger partial charge is 0.331 e.